The summed E-state index contributed by atoms with van der Waals surface area (Å²) in [4.78, 5) is 15.8. The molecular weight excluding hydrogens is 375 g/mol. The van der Waals surface area contributed by atoms with Crippen molar-refractivity contribution in [3.05, 3.63) is 42.0 Å². The summed E-state index contributed by atoms with van der Waals surface area (Å²) in [7, 11) is 3.35. The van der Waals surface area contributed by atoms with Crippen molar-refractivity contribution in [2.75, 3.05) is 12.4 Å². The Morgan fingerprint density at radius 1 is 1.35 bits per heavy atom. The first kappa shape index (κ1) is 19.7. The molecule has 0 saturated heterocycles. The third-order valence-corrected chi connectivity index (χ3v) is 3.51. The lowest BCUT2D eigenvalue weighted by Gasteiger charge is -2.14. The monoisotopic (exact) mass is 389 g/mol. The lowest BCUT2D eigenvalue weighted by atomic mass is 10.1. The molecule has 1 amide bonds. The SMILES string of the molecule is CNC(C(=O)Nc1ccc2oc(C(F)(F)F)nc2c1)c1cnn(C)c1.Cl. The van der Waals surface area contributed by atoms with Crippen molar-refractivity contribution in [2.24, 2.45) is 7.05 Å². The molecule has 0 spiro atoms. The number of alkyl halides is 3. The van der Waals surface area contributed by atoms with Gasteiger partial charge in [-0.05, 0) is 25.2 Å². The van der Waals surface area contributed by atoms with Crippen LogP contribution in [-0.4, -0.2) is 27.7 Å². The van der Waals surface area contributed by atoms with Crippen LogP contribution in [0.5, 0.6) is 0 Å². The van der Waals surface area contributed by atoms with Crippen LogP contribution in [0.15, 0.2) is 35.0 Å². The van der Waals surface area contributed by atoms with Crippen LogP contribution in [0.1, 0.15) is 17.5 Å². The van der Waals surface area contributed by atoms with E-state index in [4.69, 9.17) is 0 Å². The Morgan fingerprint density at radius 3 is 2.65 bits per heavy atom. The molecule has 1 aromatic carbocycles. The highest BCUT2D eigenvalue weighted by Gasteiger charge is 2.37. The molecule has 0 aliphatic rings. The second-order valence-corrected chi connectivity index (χ2v) is 5.36. The summed E-state index contributed by atoms with van der Waals surface area (Å²) in [5.41, 5.74) is 0.961. The molecule has 3 rings (SSSR count). The zero-order valence-electron chi connectivity index (χ0n) is 13.7. The van der Waals surface area contributed by atoms with E-state index in [0.717, 1.165) is 0 Å². The van der Waals surface area contributed by atoms with Crippen LogP contribution in [0.25, 0.3) is 11.1 Å². The Hall–Kier alpha value is -2.59. The molecule has 1 atom stereocenters. The van der Waals surface area contributed by atoms with Gasteiger partial charge in [0, 0.05) is 24.5 Å². The van der Waals surface area contributed by atoms with Gasteiger partial charge < -0.3 is 15.1 Å². The second kappa shape index (κ2) is 7.34. The molecule has 0 radical (unpaired) electrons. The van der Waals surface area contributed by atoms with Gasteiger partial charge in [-0.25, -0.2) is 4.98 Å². The Kier molecular flexibility index (Phi) is 5.57. The molecule has 3 aromatic rings. The summed E-state index contributed by atoms with van der Waals surface area (Å²) in [6, 6.07) is 3.43. The van der Waals surface area contributed by atoms with Crippen molar-refractivity contribution in [3.63, 3.8) is 0 Å². The largest absolute Gasteiger partial charge is 0.468 e. The number of fused-ring (bicyclic) bond motifs is 1. The first-order valence-electron chi connectivity index (χ1n) is 7.22. The highest BCUT2D eigenvalue weighted by Crippen LogP contribution is 2.32. The van der Waals surface area contributed by atoms with E-state index in [-0.39, 0.29) is 29.4 Å². The number of aromatic nitrogens is 3. The lowest BCUT2D eigenvalue weighted by molar-refractivity contribution is -0.156. The van der Waals surface area contributed by atoms with Gasteiger partial charge in [0.15, 0.2) is 5.58 Å². The summed E-state index contributed by atoms with van der Waals surface area (Å²) in [5, 5.41) is 9.51. The molecule has 0 saturated carbocycles. The van der Waals surface area contributed by atoms with Crippen molar-refractivity contribution < 1.29 is 22.4 Å². The Morgan fingerprint density at radius 2 is 2.08 bits per heavy atom. The number of benzene rings is 1. The van der Waals surface area contributed by atoms with Crippen LogP contribution in [0, 0.1) is 0 Å². The fraction of sp³-hybridized carbons (Fsp3) is 0.267. The molecule has 0 aliphatic heterocycles. The number of aryl methyl sites for hydroxylation is 1. The number of halogens is 4. The van der Waals surface area contributed by atoms with Crippen molar-refractivity contribution in [2.45, 2.75) is 12.2 Å². The number of anilines is 1. The number of oxazole rings is 1. The molecule has 0 aliphatic carbocycles. The predicted molar refractivity (Wildman–Crippen MR) is 89.9 cm³/mol. The van der Waals surface area contributed by atoms with Gasteiger partial charge in [-0.3, -0.25) is 9.48 Å². The van der Waals surface area contributed by atoms with E-state index < -0.39 is 18.1 Å². The lowest BCUT2D eigenvalue weighted by Crippen LogP contribution is -2.30. The molecular formula is C15H15ClF3N5O2. The molecule has 2 aromatic heterocycles. The quantitative estimate of drug-likeness (QED) is 0.716. The van der Waals surface area contributed by atoms with E-state index in [9.17, 15) is 18.0 Å². The minimum Gasteiger partial charge on any atom is -0.433 e. The molecule has 11 heteroatoms. The molecule has 2 N–H and O–H groups in total. The minimum atomic E-state index is -4.67. The number of likely N-dealkylation sites (N-methyl/N-ethyl adjacent to an activating group) is 1. The molecule has 0 bridgehead atoms. The highest BCUT2D eigenvalue weighted by molar-refractivity contribution is 5.96. The van der Waals surface area contributed by atoms with Gasteiger partial charge in [-0.2, -0.15) is 18.3 Å². The van der Waals surface area contributed by atoms with Gasteiger partial charge in [-0.15, -0.1) is 12.4 Å². The minimum absolute atomic E-state index is 0. The Labute approximate surface area is 152 Å². The van der Waals surface area contributed by atoms with Gasteiger partial charge in [0.05, 0.1) is 6.20 Å². The summed E-state index contributed by atoms with van der Waals surface area (Å²) < 4.78 is 44.1. The summed E-state index contributed by atoms with van der Waals surface area (Å²) in [5.74, 6) is -1.70. The van der Waals surface area contributed by atoms with E-state index in [2.05, 4.69) is 25.1 Å². The first-order valence-corrected chi connectivity index (χ1v) is 7.22. The van der Waals surface area contributed by atoms with Crippen molar-refractivity contribution >= 4 is 35.1 Å². The van der Waals surface area contributed by atoms with E-state index in [0.29, 0.717) is 11.3 Å². The third kappa shape index (κ3) is 3.97. The number of nitrogens with one attached hydrogen (secondary N) is 2. The van der Waals surface area contributed by atoms with Crippen LogP contribution in [0.2, 0.25) is 0 Å². The van der Waals surface area contributed by atoms with Crippen molar-refractivity contribution in [3.8, 4) is 0 Å². The predicted octanol–water partition coefficient (Wildman–Crippen LogP) is 2.90. The van der Waals surface area contributed by atoms with E-state index in [1.807, 2.05) is 0 Å². The topological polar surface area (TPSA) is 85.0 Å². The Bertz CT molecular complexity index is 922. The standard InChI is InChI=1S/C15H14F3N5O2.ClH/c1-19-12(8-6-20-23(2)7-8)13(24)21-9-3-4-11-10(5-9)22-14(25-11)15(16,17)18;/h3-7,12,19H,1-2H3,(H,21,24);1H. The fourth-order valence-corrected chi connectivity index (χ4v) is 2.38. The zero-order chi connectivity index (χ0) is 18.2. The third-order valence-electron chi connectivity index (χ3n) is 3.51. The number of rotatable bonds is 4. The number of carbonyl (C=O) groups is 1. The van der Waals surface area contributed by atoms with E-state index >= 15 is 0 Å². The maximum Gasteiger partial charge on any atom is 0.468 e. The van der Waals surface area contributed by atoms with Crippen molar-refractivity contribution in [1.82, 2.24) is 20.1 Å². The van der Waals surface area contributed by atoms with Gasteiger partial charge >= 0.3 is 12.1 Å². The average Bonchev–Trinajstić information content (AvgIpc) is 3.13. The molecule has 1 unspecified atom stereocenters. The van der Waals surface area contributed by atoms with Crippen LogP contribution in [0.4, 0.5) is 18.9 Å². The highest BCUT2D eigenvalue weighted by atomic mass is 35.5. The van der Waals surface area contributed by atoms with Gasteiger partial charge in [0.2, 0.25) is 5.91 Å². The van der Waals surface area contributed by atoms with Crippen LogP contribution < -0.4 is 10.6 Å². The maximum atomic E-state index is 12.6. The summed E-state index contributed by atoms with van der Waals surface area (Å²) >= 11 is 0. The van der Waals surface area contributed by atoms with Crippen LogP contribution in [0.3, 0.4) is 0 Å². The second-order valence-electron chi connectivity index (χ2n) is 5.36. The molecule has 0 fully saturated rings. The van der Waals surface area contributed by atoms with Crippen molar-refractivity contribution in [1.29, 1.82) is 0 Å². The number of carbonyl (C=O) groups excluding carboxylic acids is 1. The summed E-state index contributed by atoms with van der Waals surface area (Å²) in [6.45, 7) is 0. The normalized spacial score (nSPS) is 12.7. The maximum absolute atomic E-state index is 12.6. The number of nitrogens with zero attached hydrogens (tertiary/aromatic N) is 3. The Balaban J connectivity index is 0.00000243. The number of hydrogen-bond donors (Lipinski definition) is 2. The molecule has 26 heavy (non-hydrogen) atoms. The van der Waals surface area contributed by atoms with Gasteiger partial charge in [0.1, 0.15) is 11.6 Å². The molecule has 140 valence electrons. The number of amides is 1. The van der Waals surface area contributed by atoms with E-state index in [1.54, 1.807) is 31.2 Å². The smallest absolute Gasteiger partial charge is 0.433 e. The zero-order valence-corrected chi connectivity index (χ0v) is 14.5. The van der Waals surface area contributed by atoms with Gasteiger partial charge in [-0.1, -0.05) is 0 Å². The van der Waals surface area contributed by atoms with Crippen LogP contribution >= 0.6 is 12.4 Å². The first-order chi connectivity index (χ1) is 11.8. The van der Waals surface area contributed by atoms with E-state index in [1.165, 1.54) is 18.2 Å². The summed E-state index contributed by atoms with van der Waals surface area (Å²) in [6.07, 6.45) is -1.42. The van der Waals surface area contributed by atoms with Crippen LogP contribution in [-0.2, 0) is 18.0 Å². The fourth-order valence-electron chi connectivity index (χ4n) is 2.38. The molecule has 2 heterocycles. The number of hydrogen-bond acceptors (Lipinski definition) is 5. The van der Waals surface area contributed by atoms with Gasteiger partial charge in [0.25, 0.3) is 0 Å². The molecule has 7 nitrogen and oxygen atoms in total. The average molecular weight is 390 g/mol.